The van der Waals surface area contributed by atoms with Crippen molar-refractivity contribution in [1.29, 1.82) is 0 Å². The normalized spacial score (nSPS) is 10.4. The second-order valence-electron chi connectivity index (χ2n) is 5.27. The zero-order valence-electron chi connectivity index (χ0n) is 14.3. The Kier molecular flexibility index (Phi) is 6.40. The smallest absolute Gasteiger partial charge is 0.277 e. The standard InChI is InChI=1S/C15H20N6O4/c1-20(2)14(22)10-21-9-12(18-19-21)15(23)17-11-4-5-13(16-8-11)25-7-6-24-3/h4-5,8-9H,6-7,10H2,1-3H3,(H,17,23). The highest BCUT2D eigenvalue weighted by atomic mass is 16.5. The number of hydrogen-bond acceptors (Lipinski definition) is 7. The highest BCUT2D eigenvalue weighted by Gasteiger charge is 2.13. The lowest BCUT2D eigenvalue weighted by molar-refractivity contribution is -0.129. The van der Waals surface area contributed by atoms with Crippen LogP contribution in [0.15, 0.2) is 24.5 Å². The van der Waals surface area contributed by atoms with Crippen molar-refractivity contribution < 1.29 is 19.1 Å². The van der Waals surface area contributed by atoms with Crippen LogP contribution in [-0.2, 0) is 16.1 Å². The Morgan fingerprint density at radius 2 is 2.08 bits per heavy atom. The number of amides is 2. The fraction of sp³-hybridized carbons (Fsp3) is 0.400. The van der Waals surface area contributed by atoms with E-state index in [0.717, 1.165) is 0 Å². The summed E-state index contributed by atoms with van der Waals surface area (Å²) in [6.45, 7) is 0.873. The average molecular weight is 348 g/mol. The summed E-state index contributed by atoms with van der Waals surface area (Å²) in [5.74, 6) is -0.160. The Morgan fingerprint density at radius 1 is 1.28 bits per heavy atom. The lowest BCUT2D eigenvalue weighted by Gasteiger charge is -2.08. The molecular formula is C15H20N6O4. The molecule has 0 saturated heterocycles. The molecule has 0 fully saturated rings. The molecule has 0 aromatic carbocycles. The van der Waals surface area contributed by atoms with Gasteiger partial charge in [0.05, 0.1) is 24.7 Å². The molecule has 2 aromatic heterocycles. The molecule has 0 atom stereocenters. The molecule has 10 nitrogen and oxygen atoms in total. The van der Waals surface area contributed by atoms with Crippen molar-refractivity contribution in [2.75, 3.05) is 39.7 Å². The summed E-state index contributed by atoms with van der Waals surface area (Å²) in [6.07, 6.45) is 2.88. The van der Waals surface area contributed by atoms with Gasteiger partial charge in [0.15, 0.2) is 5.69 Å². The molecule has 2 aromatic rings. The Hall–Kier alpha value is -3.01. The first-order valence-corrected chi connectivity index (χ1v) is 7.49. The van der Waals surface area contributed by atoms with Crippen molar-refractivity contribution in [3.63, 3.8) is 0 Å². The third kappa shape index (κ3) is 5.53. The van der Waals surface area contributed by atoms with Gasteiger partial charge in [-0.15, -0.1) is 5.10 Å². The molecule has 134 valence electrons. The summed E-state index contributed by atoms with van der Waals surface area (Å²) < 4.78 is 11.5. The minimum atomic E-state index is -0.446. The molecule has 0 bridgehead atoms. The van der Waals surface area contributed by atoms with Gasteiger partial charge in [0.1, 0.15) is 13.2 Å². The lowest BCUT2D eigenvalue weighted by Crippen LogP contribution is -2.26. The van der Waals surface area contributed by atoms with E-state index in [-0.39, 0.29) is 18.1 Å². The summed E-state index contributed by atoms with van der Waals surface area (Å²) >= 11 is 0. The zero-order chi connectivity index (χ0) is 18.2. The van der Waals surface area contributed by atoms with E-state index >= 15 is 0 Å². The second-order valence-corrected chi connectivity index (χ2v) is 5.27. The molecule has 10 heteroatoms. The predicted molar refractivity (Wildman–Crippen MR) is 88.3 cm³/mol. The van der Waals surface area contributed by atoms with E-state index in [9.17, 15) is 9.59 Å². The molecule has 0 aliphatic heterocycles. The summed E-state index contributed by atoms with van der Waals surface area (Å²) in [6, 6.07) is 3.30. The third-order valence-electron chi connectivity index (χ3n) is 3.10. The van der Waals surface area contributed by atoms with Crippen molar-refractivity contribution in [3.05, 3.63) is 30.2 Å². The highest BCUT2D eigenvalue weighted by molar-refractivity contribution is 6.02. The Labute approximate surface area is 144 Å². The second kappa shape index (κ2) is 8.73. The van der Waals surface area contributed by atoms with Gasteiger partial charge >= 0.3 is 0 Å². The van der Waals surface area contributed by atoms with Gasteiger partial charge < -0.3 is 19.7 Å². The van der Waals surface area contributed by atoms with E-state index < -0.39 is 5.91 Å². The van der Waals surface area contributed by atoms with Crippen LogP contribution in [0.5, 0.6) is 5.88 Å². The fourth-order valence-corrected chi connectivity index (χ4v) is 1.72. The monoisotopic (exact) mass is 348 g/mol. The molecular weight excluding hydrogens is 328 g/mol. The molecule has 0 spiro atoms. The third-order valence-corrected chi connectivity index (χ3v) is 3.10. The largest absolute Gasteiger partial charge is 0.475 e. The molecule has 0 unspecified atom stereocenters. The maximum atomic E-state index is 12.1. The molecule has 0 saturated carbocycles. The van der Waals surface area contributed by atoms with E-state index in [1.165, 1.54) is 22.0 Å². The number of nitrogens with one attached hydrogen (secondary N) is 1. The van der Waals surface area contributed by atoms with Gasteiger partial charge in [0, 0.05) is 27.3 Å². The van der Waals surface area contributed by atoms with Crippen LogP contribution in [0.1, 0.15) is 10.5 Å². The Balaban J connectivity index is 1.91. The maximum absolute atomic E-state index is 12.1. The van der Waals surface area contributed by atoms with E-state index in [0.29, 0.717) is 24.8 Å². The van der Waals surface area contributed by atoms with Gasteiger partial charge in [0.25, 0.3) is 5.91 Å². The average Bonchev–Trinajstić information content (AvgIpc) is 3.05. The van der Waals surface area contributed by atoms with Gasteiger partial charge in [-0.25, -0.2) is 9.67 Å². The number of carbonyl (C=O) groups excluding carboxylic acids is 2. The van der Waals surface area contributed by atoms with Crippen molar-refractivity contribution >= 4 is 17.5 Å². The minimum absolute atomic E-state index is 0.0162. The van der Waals surface area contributed by atoms with Gasteiger partial charge in [-0.2, -0.15) is 0 Å². The fourth-order valence-electron chi connectivity index (χ4n) is 1.72. The SMILES string of the molecule is COCCOc1ccc(NC(=O)c2cn(CC(=O)N(C)C)nn2)cn1. The van der Waals surface area contributed by atoms with E-state index in [1.807, 2.05) is 0 Å². The van der Waals surface area contributed by atoms with Crippen molar-refractivity contribution in [3.8, 4) is 5.88 Å². The van der Waals surface area contributed by atoms with Crippen LogP contribution in [0.2, 0.25) is 0 Å². The van der Waals surface area contributed by atoms with Crippen LogP contribution >= 0.6 is 0 Å². The number of nitrogens with zero attached hydrogens (tertiary/aromatic N) is 5. The van der Waals surface area contributed by atoms with Crippen LogP contribution in [0.25, 0.3) is 0 Å². The van der Waals surface area contributed by atoms with Gasteiger partial charge in [-0.05, 0) is 6.07 Å². The first-order chi connectivity index (χ1) is 12.0. The Bertz CT molecular complexity index is 713. The molecule has 25 heavy (non-hydrogen) atoms. The maximum Gasteiger partial charge on any atom is 0.277 e. The summed E-state index contributed by atoms with van der Waals surface area (Å²) in [5, 5.41) is 10.2. The summed E-state index contributed by atoms with van der Waals surface area (Å²) in [7, 11) is 4.87. The van der Waals surface area contributed by atoms with Crippen LogP contribution in [0.3, 0.4) is 0 Å². The van der Waals surface area contributed by atoms with Crippen molar-refractivity contribution in [2.24, 2.45) is 0 Å². The number of likely N-dealkylation sites (N-methyl/N-ethyl adjacent to an activating group) is 1. The van der Waals surface area contributed by atoms with Crippen molar-refractivity contribution in [1.82, 2.24) is 24.9 Å². The topological polar surface area (TPSA) is 111 Å². The number of aromatic nitrogens is 4. The lowest BCUT2D eigenvalue weighted by atomic mass is 10.3. The van der Waals surface area contributed by atoms with Crippen LogP contribution in [0.4, 0.5) is 5.69 Å². The number of pyridine rings is 1. The van der Waals surface area contributed by atoms with Gasteiger partial charge in [-0.1, -0.05) is 5.21 Å². The van der Waals surface area contributed by atoms with Crippen LogP contribution < -0.4 is 10.1 Å². The summed E-state index contributed by atoms with van der Waals surface area (Å²) in [4.78, 5) is 29.3. The summed E-state index contributed by atoms with van der Waals surface area (Å²) in [5.41, 5.74) is 0.593. The number of anilines is 1. The molecule has 2 rings (SSSR count). The number of carbonyl (C=O) groups is 2. The minimum Gasteiger partial charge on any atom is -0.475 e. The first-order valence-electron chi connectivity index (χ1n) is 7.49. The molecule has 2 amide bonds. The zero-order valence-corrected chi connectivity index (χ0v) is 14.3. The molecule has 0 aliphatic carbocycles. The van der Waals surface area contributed by atoms with Crippen molar-refractivity contribution in [2.45, 2.75) is 6.54 Å². The van der Waals surface area contributed by atoms with Crippen LogP contribution in [-0.4, -0.2) is 71.1 Å². The molecule has 1 N–H and O–H groups in total. The first kappa shape index (κ1) is 18.3. The van der Waals surface area contributed by atoms with E-state index in [1.54, 1.807) is 33.3 Å². The predicted octanol–water partition coefficient (Wildman–Crippen LogP) is 0.0388. The van der Waals surface area contributed by atoms with E-state index in [4.69, 9.17) is 9.47 Å². The Morgan fingerprint density at radius 3 is 2.72 bits per heavy atom. The van der Waals surface area contributed by atoms with Crippen LogP contribution in [0, 0.1) is 0 Å². The highest BCUT2D eigenvalue weighted by Crippen LogP contribution is 2.12. The van der Waals surface area contributed by atoms with Gasteiger partial charge in [0.2, 0.25) is 11.8 Å². The number of rotatable bonds is 8. The number of methoxy groups -OCH3 is 1. The number of ether oxygens (including phenoxy) is 2. The van der Waals surface area contributed by atoms with E-state index in [2.05, 4.69) is 20.6 Å². The number of hydrogen-bond donors (Lipinski definition) is 1. The molecule has 0 radical (unpaired) electrons. The molecule has 0 aliphatic rings. The van der Waals surface area contributed by atoms with Gasteiger partial charge in [-0.3, -0.25) is 9.59 Å². The quantitative estimate of drug-likeness (QED) is 0.670. The molecule has 2 heterocycles.